The fraction of sp³-hybridized carbons (Fsp3) is 0.0769. The van der Waals surface area contributed by atoms with Crippen LogP contribution in [0.2, 0.25) is 15.1 Å². The molecule has 0 aliphatic heterocycles. The van der Waals surface area contributed by atoms with Gasteiger partial charge in [0.05, 0.1) is 0 Å². The zero-order valence-electron chi connectivity index (χ0n) is 28.1. The molecule has 6 rings (SSSR count). The van der Waals surface area contributed by atoms with Crippen molar-refractivity contribution in [1.29, 1.82) is 0 Å². The number of rotatable bonds is 11. The second kappa shape index (κ2) is 19.6. The van der Waals surface area contributed by atoms with E-state index in [0.717, 1.165) is 31.4 Å². The SMILES string of the molecule is O=C(CCc1c(Cl)cccc1Cl)Nc1scc(-c2ccc(Br)cc2)c1C(=O)O.O=C(Nc1scc(-c2ccc(Br)cc2)c1C(=O)O)OCc1ccccc1Cl. The highest BCUT2D eigenvalue weighted by Gasteiger charge is 2.23. The van der Waals surface area contributed by atoms with E-state index < -0.39 is 18.0 Å². The number of carbonyl (C=O) groups excluding carboxylic acids is 2. The molecule has 2 amide bonds. The summed E-state index contributed by atoms with van der Waals surface area (Å²) in [6, 6.07) is 26.8. The average molecular weight is 966 g/mol. The number of benzene rings is 4. The lowest BCUT2D eigenvalue weighted by Gasteiger charge is -2.08. The average Bonchev–Trinajstić information content (AvgIpc) is 3.76. The molecule has 0 radical (unpaired) electrons. The molecule has 2 heterocycles. The Hall–Kier alpha value is -4.21. The first-order chi connectivity index (χ1) is 26.3. The van der Waals surface area contributed by atoms with Gasteiger partial charge in [-0.25, -0.2) is 14.4 Å². The van der Waals surface area contributed by atoms with E-state index in [1.807, 2.05) is 36.4 Å². The Balaban J connectivity index is 0.000000211. The molecular formula is C39H27Br2Cl3N2O7S2. The third-order valence-corrected chi connectivity index (χ3v) is 11.7. The van der Waals surface area contributed by atoms with Gasteiger partial charge in [-0.3, -0.25) is 10.1 Å². The lowest BCUT2D eigenvalue weighted by molar-refractivity contribution is -0.116. The van der Waals surface area contributed by atoms with E-state index in [0.29, 0.717) is 48.7 Å². The maximum Gasteiger partial charge on any atom is 0.412 e. The van der Waals surface area contributed by atoms with Gasteiger partial charge in [0, 0.05) is 57.9 Å². The van der Waals surface area contributed by atoms with Gasteiger partial charge in [0.2, 0.25) is 5.91 Å². The molecule has 55 heavy (non-hydrogen) atoms. The van der Waals surface area contributed by atoms with Gasteiger partial charge >= 0.3 is 18.0 Å². The fourth-order valence-electron chi connectivity index (χ4n) is 5.09. The molecule has 0 saturated carbocycles. The van der Waals surface area contributed by atoms with Crippen molar-refractivity contribution < 1.29 is 34.1 Å². The molecule has 9 nitrogen and oxygen atoms in total. The van der Waals surface area contributed by atoms with E-state index in [9.17, 15) is 29.4 Å². The maximum absolute atomic E-state index is 12.4. The summed E-state index contributed by atoms with van der Waals surface area (Å²) in [5.74, 6) is -2.53. The quantitative estimate of drug-likeness (QED) is 0.101. The van der Waals surface area contributed by atoms with Crippen molar-refractivity contribution in [3.63, 3.8) is 0 Å². The molecule has 0 aliphatic rings. The Kier molecular flexibility index (Phi) is 14.9. The van der Waals surface area contributed by atoms with Crippen LogP contribution in [0.15, 0.2) is 111 Å². The summed E-state index contributed by atoms with van der Waals surface area (Å²) in [5, 5.41) is 29.9. The molecular weight excluding hydrogens is 939 g/mol. The summed E-state index contributed by atoms with van der Waals surface area (Å²) in [7, 11) is 0. The van der Waals surface area contributed by atoms with Crippen LogP contribution in [0.1, 0.15) is 38.3 Å². The van der Waals surface area contributed by atoms with E-state index in [1.54, 1.807) is 65.4 Å². The minimum Gasteiger partial charge on any atom is -0.478 e. The molecule has 0 saturated heterocycles. The van der Waals surface area contributed by atoms with E-state index in [2.05, 4.69) is 42.5 Å². The molecule has 16 heteroatoms. The lowest BCUT2D eigenvalue weighted by atomic mass is 10.0. The van der Waals surface area contributed by atoms with Crippen molar-refractivity contribution in [3.8, 4) is 22.3 Å². The van der Waals surface area contributed by atoms with Gasteiger partial charge in [-0.15, -0.1) is 22.7 Å². The first kappa shape index (κ1) is 41.9. The summed E-state index contributed by atoms with van der Waals surface area (Å²) in [6.45, 7) is -0.0150. The fourth-order valence-corrected chi connectivity index (χ4v) is 8.32. The summed E-state index contributed by atoms with van der Waals surface area (Å²) in [5.41, 5.74) is 4.06. The highest BCUT2D eigenvalue weighted by molar-refractivity contribution is 9.10. The number of anilines is 2. The van der Waals surface area contributed by atoms with Crippen molar-refractivity contribution in [3.05, 3.63) is 148 Å². The van der Waals surface area contributed by atoms with E-state index in [4.69, 9.17) is 39.5 Å². The zero-order valence-corrected chi connectivity index (χ0v) is 35.2. The third-order valence-electron chi connectivity index (χ3n) is 7.77. The van der Waals surface area contributed by atoms with Gasteiger partial charge in [0.25, 0.3) is 0 Å². The normalized spacial score (nSPS) is 10.6. The first-order valence-corrected chi connectivity index (χ1v) is 20.4. The molecule has 4 aromatic carbocycles. The molecule has 0 atom stereocenters. The summed E-state index contributed by atoms with van der Waals surface area (Å²) >= 11 is 27.3. The van der Waals surface area contributed by atoms with Crippen molar-refractivity contribution in [1.82, 2.24) is 0 Å². The summed E-state index contributed by atoms with van der Waals surface area (Å²) < 4.78 is 6.94. The van der Waals surface area contributed by atoms with Crippen LogP contribution in [0.5, 0.6) is 0 Å². The zero-order chi connectivity index (χ0) is 39.6. The molecule has 0 spiro atoms. The summed E-state index contributed by atoms with van der Waals surface area (Å²) in [4.78, 5) is 48.0. The van der Waals surface area contributed by atoms with E-state index in [1.165, 1.54) is 11.3 Å². The van der Waals surface area contributed by atoms with Crippen molar-refractivity contribution in [2.45, 2.75) is 19.4 Å². The standard InChI is InChI=1S/C20H14BrCl2NO3S.C19H13BrClNO4S/c21-12-6-4-11(5-7-12)14-10-28-19(18(14)20(26)27)24-17(25)9-8-13-15(22)2-1-3-16(13)23;20-13-7-5-11(6-8-13)14-10-27-17(16(14)18(23)24)22-19(25)26-9-12-3-1-2-4-15(12)21/h1-7,10H,8-9H2,(H,24,25)(H,26,27);1-8,10H,9H2,(H,22,25)(H,23,24). The number of thiophene rings is 2. The number of hydrogen-bond donors (Lipinski definition) is 4. The highest BCUT2D eigenvalue weighted by atomic mass is 79.9. The Bertz CT molecular complexity index is 2330. The van der Waals surface area contributed by atoms with Crippen LogP contribution >= 0.6 is 89.3 Å². The Morgan fingerprint density at radius 2 is 1.11 bits per heavy atom. The van der Waals surface area contributed by atoms with Crippen LogP contribution < -0.4 is 10.6 Å². The monoisotopic (exact) mass is 962 g/mol. The van der Waals surface area contributed by atoms with Crippen molar-refractivity contribution >= 4 is 123 Å². The molecule has 0 bridgehead atoms. The Morgan fingerprint density at radius 3 is 1.60 bits per heavy atom. The smallest absolute Gasteiger partial charge is 0.412 e. The molecule has 282 valence electrons. The topological polar surface area (TPSA) is 142 Å². The number of nitrogens with one attached hydrogen (secondary N) is 2. The Labute approximate surface area is 355 Å². The number of carbonyl (C=O) groups is 4. The van der Waals surface area contributed by atoms with Gasteiger partial charge < -0.3 is 20.3 Å². The van der Waals surface area contributed by atoms with Gasteiger partial charge in [0.15, 0.2) is 0 Å². The van der Waals surface area contributed by atoms with Gasteiger partial charge in [0.1, 0.15) is 27.7 Å². The minimum absolute atomic E-state index is 0.0150. The number of amides is 2. The molecule has 0 unspecified atom stereocenters. The number of carboxylic acid groups (broad SMARTS) is 2. The van der Waals surface area contributed by atoms with E-state index in [-0.39, 0.29) is 35.1 Å². The Morgan fingerprint density at radius 1 is 0.636 bits per heavy atom. The second-order valence-electron chi connectivity index (χ2n) is 11.4. The van der Waals surface area contributed by atoms with Crippen LogP contribution in [-0.4, -0.2) is 34.2 Å². The number of aromatic carboxylic acids is 2. The number of hydrogen-bond acceptors (Lipinski definition) is 7. The number of ether oxygens (including phenoxy) is 1. The number of halogens is 5. The molecule has 0 fully saturated rings. The van der Waals surface area contributed by atoms with E-state index >= 15 is 0 Å². The molecule has 0 aliphatic carbocycles. The third kappa shape index (κ3) is 11.2. The lowest BCUT2D eigenvalue weighted by Crippen LogP contribution is -2.15. The van der Waals surface area contributed by atoms with Crippen LogP contribution in [-0.2, 0) is 22.6 Å². The maximum atomic E-state index is 12.4. The van der Waals surface area contributed by atoms with Gasteiger partial charge in [-0.2, -0.15) is 0 Å². The predicted molar refractivity (Wildman–Crippen MR) is 228 cm³/mol. The predicted octanol–water partition coefficient (Wildman–Crippen LogP) is 13.0. The first-order valence-electron chi connectivity index (χ1n) is 15.9. The van der Waals surface area contributed by atoms with Gasteiger partial charge in [-0.1, -0.05) is 115 Å². The minimum atomic E-state index is -1.13. The van der Waals surface area contributed by atoms with Crippen molar-refractivity contribution in [2.75, 3.05) is 10.6 Å². The van der Waals surface area contributed by atoms with Crippen LogP contribution in [0.3, 0.4) is 0 Å². The molecule has 2 aromatic heterocycles. The summed E-state index contributed by atoms with van der Waals surface area (Å²) in [6.07, 6.45) is -0.257. The molecule has 6 aromatic rings. The second-order valence-corrected chi connectivity index (χ2v) is 16.2. The van der Waals surface area contributed by atoms with Crippen LogP contribution in [0.25, 0.3) is 22.3 Å². The van der Waals surface area contributed by atoms with Crippen molar-refractivity contribution in [2.24, 2.45) is 0 Å². The molecule has 4 N–H and O–H groups in total. The van der Waals surface area contributed by atoms with Crippen LogP contribution in [0.4, 0.5) is 14.8 Å². The van der Waals surface area contributed by atoms with Gasteiger partial charge in [-0.05, 0) is 65.6 Å². The highest BCUT2D eigenvalue weighted by Crippen LogP contribution is 2.38. The van der Waals surface area contributed by atoms with Crippen LogP contribution in [0, 0.1) is 0 Å². The largest absolute Gasteiger partial charge is 0.478 e. The number of carboxylic acids is 2.